The molecule has 3 nitrogen and oxygen atoms in total. The van der Waals surface area contributed by atoms with Crippen LogP contribution in [0, 0.1) is 11.2 Å². The van der Waals surface area contributed by atoms with Crippen LogP contribution in [0.25, 0.3) is 0 Å². The van der Waals surface area contributed by atoms with Gasteiger partial charge in [-0.1, -0.05) is 20.8 Å². The number of hydrogen-bond acceptors (Lipinski definition) is 3. The molecule has 0 aliphatic rings. The molecular formula is C13H22FN3. The lowest BCUT2D eigenvalue weighted by Crippen LogP contribution is -2.40. The molecule has 0 aliphatic carbocycles. The highest BCUT2D eigenvalue weighted by Gasteiger charge is 2.25. The van der Waals surface area contributed by atoms with Crippen molar-refractivity contribution in [3.8, 4) is 0 Å². The average molecular weight is 239 g/mol. The highest BCUT2D eigenvalue weighted by molar-refractivity contribution is 5.47. The van der Waals surface area contributed by atoms with Crippen molar-refractivity contribution in [1.29, 1.82) is 0 Å². The van der Waals surface area contributed by atoms with Crippen molar-refractivity contribution in [1.82, 2.24) is 4.98 Å². The molecule has 0 aliphatic heterocycles. The number of hydrogen-bond donors (Lipinski definition) is 1. The molecule has 1 rings (SSSR count). The number of rotatable bonds is 3. The highest BCUT2D eigenvalue weighted by Crippen LogP contribution is 2.28. The molecule has 0 aromatic carbocycles. The van der Waals surface area contributed by atoms with Gasteiger partial charge in [0.25, 0.3) is 0 Å². The van der Waals surface area contributed by atoms with Gasteiger partial charge in [0.1, 0.15) is 11.6 Å². The fourth-order valence-corrected chi connectivity index (χ4v) is 1.71. The van der Waals surface area contributed by atoms with Crippen LogP contribution in [-0.4, -0.2) is 18.1 Å². The van der Waals surface area contributed by atoms with Crippen LogP contribution in [-0.2, 0) is 6.54 Å². The molecule has 0 fully saturated rings. The van der Waals surface area contributed by atoms with Crippen LogP contribution in [0.15, 0.2) is 12.3 Å². The van der Waals surface area contributed by atoms with E-state index in [0.29, 0.717) is 6.54 Å². The molecule has 17 heavy (non-hydrogen) atoms. The van der Waals surface area contributed by atoms with Gasteiger partial charge in [-0.3, -0.25) is 0 Å². The number of anilines is 1. The van der Waals surface area contributed by atoms with Gasteiger partial charge in [-0.2, -0.15) is 0 Å². The van der Waals surface area contributed by atoms with E-state index in [4.69, 9.17) is 5.73 Å². The van der Waals surface area contributed by atoms with Crippen molar-refractivity contribution in [2.24, 2.45) is 11.1 Å². The normalized spacial score (nSPS) is 13.6. The fourth-order valence-electron chi connectivity index (χ4n) is 1.71. The highest BCUT2D eigenvalue weighted by atomic mass is 19.1. The van der Waals surface area contributed by atoms with Gasteiger partial charge in [-0.15, -0.1) is 0 Å². The minimum atomic E-state index is -0.342. The van der Waals surface area contributed by atoms with E-state index in [1.807, 2.05) is 7.05 Å². The topological polar surface area (TPSA) is 42.2 Å². The van der Waals surface area contributed by atoms with Crippen molar-refractivity contribution >= 4 is 5.82 Å². The van der Waals surface area contributed by atoms with E-state index >= 15 is 0 Å². The van der Waals surface area contributed by atoms with Crippen molar-refractivity contribution in [2.45, 2.75) is 40.3 Å². The summed E-state index contributed by atoms with van der Waals surface area (Å²) in [6, 6.07) is 1.74. The van der Waals surface area contributed by atoms with Crippen LogP contribution in [0.4, 0.5) is 10.2 Å². The molecule has 4 heteroatoms. The molecule has 96 valence electrons. The van der Waals surface area contributed by atoms with Crippen molar-refractivity contribution in [3.05, 3.63) is 23.6 Å². The SMILES string of the molecule is CC(N(C)c1ncc(F)cc1CN)C(C)(C)C. The zero-order valence-corrected chi connectivity index (χ0v) is 11.3. The average Bonchev–Trinajstić information content (AvgIpc) is 2.25. The lowest BCUT2D eigenvalue weighted by atomic mass is 9.87. The maximum atomic E-state index is 13.1. The van der Waals surface area contributed by atoms with Crippen molar-refractivity contribution in [2.75, 3.05) is 11.9 Å². The maximum Gasteiger partial charge on any atom is 0.141 e. The molecule has 0 amide bonds. The number of halogens is 1. The second kappa shape index (κ2) is 5.00. The lowest BCUT2D eigenvalue weighted by molar-refractivity contribution is 0.328. The van der Waals surface area contributed by atoms with Crippen LogP contribution in [0.2, 0.25) is 0 Å². The van der Waals surface area contributed by atoms with Gasteiger partial charge in [-0.25, -0.2) is 9.37 Å². The van der Waals surface area contributed by atoms with Crippen molar-refractivity contribution < 1.29 is 4.39 Å². The number of aromatic nitrogens is 1. The number of nitrogens with zero attached hydrogens (tertiary/aromatic N) is 2. The Balaban J connectivity index is 3.08. The summed E-state index contributed by atoms with van der Waals surface area (Å²) in [5.41, 5.74) is 6.49. The Kier molecular flexibility index (Phi) is 4.09. The molecule has 1 heterocycles. The third-order valence-electron chi connectivity index (χ3n) is 3.30. The molecule has 1 unspecified atom stereocenters. The molecule has 1 aromatic rings. The van der Waals surface area contributed by atoms with Gasteiger partial charge in [0.2, 0.25) is 0 Å². The Morgan fingerprint density at radius 1 is 1.47 bits per heavy atom. The van der Waals surface area contributed by atoms with Crippen LogP contribution in [0.5, 0.6) is 0 Å². The first-order valence-corrected chi connectivity index (χ1v) is 5.84. The van der Waals surface area contributed by atoms with Gasteiger partial charge in [-0.05, 0) is 18.4 Å². The Morgan fingerprint density at radius 2 is 2.06 bits per heavy atom. The predicted octanol–water partition coefficient (Wildman–Crippen LogP) is 2.55. The summed E-state index contributed by atoms with van der Waals surface area (Å²) in [6.45, 7) is 8.92. The van der Waals surface area contributed by atoms with E-state index < -0.39 is 0 Å². The fraction of sp³-hybridized carbons (Fsp3) is 0.615. The summed E-state index contributed by atoms with van der Waals surface area (Å²) in [4.78, 5) is 6.21. The molecule has 0 saturated heterocycles. The first-order valence-electron chi connectivity index (χ1n) is 5.84. The third-order valence-corrected chi connectivity index (χ3v) is 3.30. The van der Waals surface area contributed by atoms with Crippen molar-refractivity contribution in [3.63, 3.8) is 0 Å². The molecular weight excluding hydrogens is 217 g/mol. The van der Waals surface area contributed by atoms with Gasteiger partial charge in [0, 0.05) is 25.2 Å². The lowest BCUT2D eigenvalue weighted by Gasteiger charge is -2.36. The largest absolute Gasteiger partial charge is 0.356 e. The summed E-state index contributed by atoms with van der Waals surface area (Å²) >= 11 is 0. The first kappa shape index (κ1) is 13.9. The Bertz CT molecular complexity index is 385. The van der Waals surface area contributed by atoms with Crippen LogP contribution >= 0.6 is 0 Å². The van der Waals surface area contributed by atoms with E-state index in [1.54, 1.807) is 0 Å². The standard InChI is InChI=1S/C13H22FN3/c1-9(13(2,3)4)17(5)12-10(7-15)6-11(14)8-16-12/h6,8-9H,7,15H2,1-5H3. The van der Waals surface area contributed by atoms with E-state index in [-0.39, 0.29) is 17.3 Å². The summed E-state index contributed by atoms with van der Waals surface area (Å²) in [5, 5.41) is 0. The molecule has 1 atom stereocenters. The second-order valence-corrected chi connectivity index (χ2v) is 5.49. The molecule has 0 saturated carbocycles. The molecule has 2 N–H and O–H groups in total. The molecule has 0 radical (unpaired) electrons. The van der Waals surface area contributed by atoms with Crippen LogP contribution in [0.3, 0.4) is 0 Å². The van der Waals surface area contributed by atoms with E-state index in [0.717, 1.165) is 11.4 Å². The Labute approximate surface area is 103 Å². The molecule has 0 bridgehead atoms. The van der Waals surface area contributed by atoms with E-state index in [2.05, 4.69) is 37.6 Å². The molecule has 0 spiro atoms. The quantitative estimate of drug-likeness (QED) is 0.881. The third kappa shape index (κ3) is 3.16. The predicted molar refractivity (Wildman–Crippen MR) is 69.4 cm³/mol. The molecule has 1 aromatic heterocycles. The minimum absolute atomic E-state index is 0.122. The first-order chi connectivity index (χ1) is 7.77. The van der Waals surface area contributed by atoms with Gasteiger partial charge < -0.3 is 10.6 Å². The van der Waals surface area contributed by atoms with Gasteiger partial charge in [0.05, 0.1) is 6.20 Å². The Hall–Kier alpha value is -1.16. The number of pyridine rings is 1. The minimum Gasteiger partial charge on any atom is -0.356 e. The van der Waals surface area contributed by atoms with Crippen LogP contribution in [0.1, 0.15) is 33.3 Å². The number of nitrogens with two attached hydrogens (primary N) is 1. The van der Waals surface area contributed by atoms with E-state index in [1.165, 1.54) is 12.3 Å². The van der Waals surface area contributed by atoms with Gasteiger partial charge >= 0.3 is 0 Å². The zero-order valence-electron chi connectivity index (χ0n) is 11.3. The zero-order chi connectivity index (χ0) is 13.2. The van der Waals surface area contributed by atoms with Gasteiger partial charge in [0.15, 0.2) is 0 Å². The van der Waals surface area contributed by atoms with Crippen LogP contribution < -0.4 is 10.6 Å². The summed E-state index contributed by atoms with van der Waals surface area (Å²) in [6.07, 6.45) is 1.24. The summed E-state index contributed by atoms with van der Waals surface area (Å²) < 4.78 is 13.1. The second-order valence-electron chi connectivity index (χ2n) is 5.49. The smallest absolute Gasteiger partial charge is 0.141 e. The summed E-state index contributed by atoms with van der Waals surface area (Å²) in [7, 11) is 1.97. The Morgan fingerprint density at radius 3 is 2.53 bits per heavy atom. The van der Waals surface area contributed by atoms with E-state index in [9.17, 15) is 4.39 Å². The monoisotopic (exact) mass is 239 g/mol. The summed E-state index contributed by atoms with van der Waals surface area (Å²) in [5.74, 6) is 0.419. The maximum absolute atomic E-state index is 13.1.